The lowest BCUT2D eigenvalue weighted by molar-refractivity contribution is -0.158. The maximum Gasteiger partial charge on any atom is 0.338 e. The lowest BCUT2D eigenvalue weighted by Gasteiger charge is -2.19. The van der Waals surface area contributed by atoms with Gasteiger partial charge in [-0.2, -0.15) is 0 Å². The Labute approximate surface area is 114 Å². The Balaban J connectivity index is 2.67. The number of ether oxygens (including phenoxy) is 1. The second-order valence-electron chi connectivity index (χ2n) is 3.63. The van der Waals surface area contributed by atoms with E-state index in [0.29, 0.717) is 10.0 Å². The molecule has 3 nitrogen and oxygen atoms in total. The van der Waals surface area contributed by atoms with E-state index in [1.165, 1.54) is 25.8 Å². The minimum atomic E-state index is -1.52. The smallest absolute Gasteiger partial charge is 0.338 e. The number of methoxy groups -OCH3 is 1. The van der Waals surface area contributed by atoms with E-state index >= 15 is 0 Å². The van der Waals surface area contributed by atoms with Gasteiger partial charge in [0.2, 0.25) is 0 Å². The molecule has 0 spiro atoms. The van der Waals surface area contributed by atoms with Gasteiger partial charge in [-0.25, -0.2) is 4.79 Å². The van der Waals surface area contributed by atoms with Crippen LogP contribution in [0.2, 0.25) is 10.0 Å². The van der Waals surface area contributed by atoms with Crippen LogP contribution in [0.4, 0.5) is 0 Å². The fourth-order valence-electron chi connectivity index (χ4n) is 1.07. The standard InChI is InChI=1S/C11H12Cl2O3S/c1-11(15,10(14)16-2)6-17-7-3-4-8(12)9(13)5-7/h3-5,15H,6H2,1-2H3. The first-order valence-electron chi connectivity index (χ1n) is 4.75. The summed E-state index contributed by atoms with van der Waals surface area (Å²) in [5, 5.41) is 10.7. The molecule has 1 N–H and O–H groups in total. The molecule has 0 radical (unpaired) electrons. The zero-order chi connectivity index (χ0) is 13.1. The summed E-state index contributed by atoms with van der Waals surface area (Å²) in [4.78, 5) is 12.1. The monoisotopic (exact) mass is 294 g/mol. The number of hydrogen-bond donors (Lipinski definition) is 1. The van der Waals surface area contributed by atoms with Crippen LogP contribution < -0.4 is 0 Å². The van der Waals surface area contributed by atoms with E-state index in [4.69, 9.17) is 23.2 Å². The van der Waals surface area contributed by atoms with E-state index < -0.39 is 11.6 Å². The predicted molar refractivity (Wildman–Crippen MR) is 69.8 cm³/mol. The number of thioether (sulfide) groups is 1. The van der Waals surface area contributed by atoms with Gasteiger partial charge in [-0.15, -0.1) is 11.8 Å². The summed E-state index contributed by atoms with van der Waals surface area (Å²) >= 11 is 12.9. The van der Waals surface area contributed by atoms with Gasteiger partial charge in [-0.05, 0) is 25.1 Å². The number of hydrogen-bond acceptors (Lipinski definition) is 4. The Morgan fingerprint density at radius 1 is 1.47 bits per heavy atom. The number of carbonyl (C=O) groups is 1. The van der Waals surface area contributed by atoms with Crippen molar-refractivity contribution in [2.24, 2.45) is 0 Å². The van der Waals surface area contributed by atoms with Crippen LogP contribution >= 0.6 is 35.0 Å². The molecule has 0 aliphatic carbocycles. The van der Waals surface area contributed by atoms with Crippen LogP contribution in [0.25, 0.3) is 0 Å². The Bertz CT molecular complexity index is 421. The van der Waals surface area contributed by atoms with Crippen molar-refractivity contribution in [2.45, 2.75) is 17.4 Å². The van der Waals surface area contributed by atoms with E-state index in [0.717, 1.165) is 4.90 Å². The fraction of sp³-hybridized carbons (Fsp3) is 0.364. The maximum absolute atomic E-state index is 11.2. The van der Waals surface area contributed by atoms with Gasteiger partial charge in [-0.3, -0.25) is 0 Å². The van der Waals surface area contributed by atoms with Crippen LogP contribution in [-0.2, 0) is 9.53 Å². The van der Waals surface area contributed by atoms with Crippen molar-refractivity contribution in [1.82, 2.24) is 0 Å². The van der Waals surface area contributed by atoms with E-state index in [2.05, 4.69) is 4.74 Å². The SMILES string of the molecule is COC(=O)C(C)(O)CSc1ccc(Cl)c(Cl)c1. The highest BCUT2D eigenvalue weighted by atomic mass is 35.5. The Morgan fingerprint density at radius 2 is 2.12 bits per heavy atom. The van der Waals surface area contributed by atoms with Gasteiger partial charge >= 0.3 is 5.97 Å². The van der Waals surface area contributed by atoms with Gasteiger partial charge in [0.15, 0.2) is 5.60 Å². The molecule has 17 heavy (non-hydrogen) atoms. The summed E-state index contributed by atoms with van der Waals surface area (Å²) < 4.78 is 4.50. The molecule has 1 rings (SSSR count). The third-order valence-electron chi connectivity index (χ3n) is 2.04. The first-order chi connectivity index (χ1) is 7.86. The largest absolute Gasteiger partial charge is 0.467 e. The zero-order valence-corrected chi connectivity index (χ0v) is 11.7. The van der Waals surface area contributed by atoms with Crippen molar-refractivity contribution in [1.29, 1.82) is 0 Å². The average molecular weight is 295 g/mol. The van der Waals surface area contributed by atoms with E-state index in [1.807, 2.05) is 0 Å². The van der Waals surface area contributed by atoms with Gasteiger partial charge in [0.25, 0.3) is 0 Å². The molecule has 0 bridgehead atoms. The zero-order valence-electron chi connectivity index (χ0n) is 9.37. The molecule has 0 fully saturated rings. The molecule has 0 heterocycles. The van der Waals surface area contributed by atoms with Gasteiger partial charge in [-0.1, -0.05) is 23.2 Å². The lowest BCUT2D eigenvalue weighted by atomic mass is 10.1. The molecule has 1 atom stereocenters. The summed E-state index contributed by atoms with van der Waals surface area (Å²) in [5.74, 6) is -0.484. The molecule has 0 amide bonds. The number of benzene rings is 1. The summed E-state index contributed by atoms with van der Waals surface area (Å²) in [6, 6.07) is 5.12. The Kier molecular flexibility index (Phi) is 5.13. The number of carbonyl (C=O) groups excluding carboxylic acids is 1. The van der Waals surface area contributed by atoms with Gasteiger partial charge in [0, 0.05) is 10.6 Å². The van der Waals surface area contributed by atoms with Crippen LogP contribution in [0, 0.1) is 0 Å². The molecule has 6 heteroatoms. The predicted octanol–water partition coefficient (Wildman–Crippen LogP) is 3.01. The first-order valence-corrected chi connectivity index (χ1v) is 6.49. The maximum atomic E-state index is 11.2. The van der Waals surface area contributed by atoms with Crippen LogP contribution in [0.5, 0.6) is 0 Å². The number of halogens is 2. The minimum absolute atomic E-state index is 0.178. The van der Waals surface area contributed by atoms with Gasteiger partial charge < -0.3 is 9.84 Å². The van der Waals surface area contributed by atoms with E-state index in [-0.39, 0.29) is 5.75 Å². The summed E-state index contributed by atoms with van der Waals surface area (Å²) in [5.41, 5.74) is -1.52. The minimum Gasteiger partial charge on any atom is -0.467 e. The number of esters is 1. The molecule has 0 aliphatic heterocycles. The van der Waals surface area contributed by atoms with Gasteiger partial charge in [0.1, 0.15) is 0 Å². The molecule has 0 aromatic heterocycles. The van der Waals surface area contributed by atoms with Crippen molar-refractivity contribution in [3.8, 4) is 0 Å². The van der Waals surface area contributed by atoms with Crippen molar-refractivity contribution in [3.05, 3.63) is 28.2 Å². The molecule has 1 aromatic rings. The molecule has 94 valence electrons. The second-order valence-corrected chi connectivity index (χ2v) is 5.49. The van der Waals surface area contributed by atoms with E-state index in [9.17, 15) is 9.90 Å². The molecule has 1 aromatic carbocycles. The molecule has 0 saturated heterocycles. The summed E-state index contributed by atoms with van der Waals surface area (Å²) in [6.45, 7) is 1.41. The third-order valence-corrected chi connectivity index (χ3v) is 4.07. The molecule has 0 aliphatic rings. The van der Waals surface area contributed by atoms with E-state index in [1.54, 1.807) is 18.2 Å². The number of rotatable bonds is 4. The van der Waals surface area contributed by atoms with Crippen LogP contribution in [0.1, 0.15) is 6.92 Å². The highest BCUT2D eigenvalue weighted by Crippen LogP contribution is 2.29. The summed E-state index contributed by atoms with van der Waals surface area (Å²) in [6.07, 6.45) is 0. The molecular weight excluding hydrogens is 283 g/mol. The normalized spacial score (nSPS) is 14.2. The second kappa shape index (κ2) is 5.96. The van der Waals surface area contributed by atoms with Crippen molar-refractivity contribution in [2.75, 3.05) is 12.9 Å². The van der Waals surface area contributed by atoms with Crippen molar-refractivity contribution < 1.29 is 14.6 Å². The first kappa shape index (κ1) is 14.6. The lowest BCUT2D eigenvalue weighted by Crippen LogP contribution is -2.38. The highest BCUT2D eigenvalue weighted by Gasteiger charge is 2.31. The van der Waals surface area contributed by atoms with Crippen molar-refractivity contribution in [3.63, 3.8) is 0 Å². The molecule has 1 unspecified atom stereocenters. The molecular formula is C11H12Cl2O3S. The Hall–Kier alpha value is -0.420. The third kappa shape index (κ3) is 4.07. The van der Waals surface area contributed by atoms with Crippen molar-refractivity contribution >= 4 is 40.9 Å². The average Bonchev–Trinajstić information content (AvgIpc) is 2.29. The Morgan fingerprint density at radius 3 is 2.65 bits per heavy atom. The topological polar surface area (TPSA) is 46.5 Å². The number of aliphatic hydroxyl groups is 1. The van der Waals surface area contributed by atoms with Crippen LogP contribution in [0.15, 0.2) is 23.1 Å². The molecule has 0 saturated carbocycles. The highest BCUT2D eigenvalue weighted by molar-refractivity contribution is 7.99. The fourth-order valence-corrected chi connectivity index (χ4v) is 2.36. The summed E-state index contributed by atoms with van der Waals surface area (Å²) in [7, 11) is 1.24. The van der Waals surface area contributed by atoms with Crippen LogP contribution in [-0.4, -0.2) is 29.5 Å². The van der Waals surface area contributed by atoms with Gasteiger partial charge in [0.05, 0.1) is 17.2 Å². The van der Waals surface area contributed by atoms with Crippen LogP contribution in [0.3, 0.4) is 0 Å². The quantitative estimate of drug-likeness (QED) is 0.685.